The van der Waals surface area contributed by atoms with Crippen LogP contribution in [0.4, 0.5) is 0 Å². The van der Waals surface area contributed by atoms with Crippen molar-refractivity contribution in [1.82, 2.24) is 5.32 Å². The van der Waals surface area contributed by atoms with E-state index in [2.05, 4.69) is 11.9 Å². The van der Waals surface area contributed by atoms with Crippen LogP contribution in [0.3, 0.4) is 0 Å². The molecular weight excluding hydrogens is 140 g/mol. The van der Waals surface area contributed by atoms with Crippen LogP contribution in [-0.2, 0) is 4.79 Å². The number of carbonyl (C=O) groups is 1. The molecule has 0 fully saturated rings. The van der Waals surface area contributed by atoms with Gasteiger partial charge in [0.25, 0.3) is 0 Å². The molecule has 0 aromatic rings. The van der Waals surface area contributed by atoms with Gasteiger partial charge in [-0.05, 0) is 6.42 Å². The molecule has 0 spiro atoms. The lowest BCUT2D eigenvalue weighted by atomic mass is 10.1. The SMILES string of the molecule is C=CCNC(=O)CC(N)CC. The summed E-state index contributed by atoms with van der Waals surface area (Å²) in [6, 6.07) is -0.0141. The molecule has 0 saturated heterocycles. The summed E-state index contributed by atoms with van der Waals surface area (Å²) in [4.78, 5) is 10.9. The second-order valence-corrected chi connectivity index (χ2v) is 2.47. The number of rotatable bonds is 5. The molecule has 0 bridgehead atoms. The van der Waals surface area contributed by atoms with Crippen molar-refractivity contribution in [2.24, 2.45) is 5.73 Å². The molecule has 1 atom stereocenters. The molecule has 3 nitrogen and oxygen atoms in total. The van der Waals surface area contributed by atoms with Gasteiger partial charge in [0, 0.05) is 19.0 Å². The van der Waals surface area contributed by atoms with Crippen LogP contribution in [-0.4, -0.2) is 18.5 Å². The van der Waals surface area contributed by atoms with Gasteiger partial charge in [-0.25, -0.2) is 0 Å². The average molecular weight is 156 g/mol. The lowest BCUT2D eigenvalue weighted by molar-refractivity contribution is -0.121. The molecule has 0 rings (SSSR count). The average Bonchev–Trinajstić information content (AvgIpc) is 2.00. The number of hydrogen-bond donors (Lipinski definition) is 2. The van der Waals surface area contributed by atoms with Gasteiger partial charge in [0.15, 0.2) is 0 Å². The van der Waals surface area contributed by atoms with Crippen molar-refractivity contribution < 1.29 is 4.79 Å². The molecule has 3 heteroatoms. The van der Waals surface area contributed by atoms with Crippen LogP contribution < -0.4 is 11.1 Å². The Morgan fingerprint density at radius 3 is 2.91 bits per heavy atom. The van der Waals surface area contributed by atoms with E-state index < -0.39 is 0 Å². The zero-order valence-electron chi connectivity index (χ0n) is 6.97. The predicted molar refractivity (Wildman–Crippen MR) is 46.1 cm³/mol. The smallest absolute Gasteiger partial charge is 0.221 e. The molecule has 64 valence electrons. The van der Waals surface area contributed by atoms with Gasteiger partial charge >= 0.3 is 0 Å². The fourth-order valence-corrected chi connectivity index (χ4v) is 0.641. The summed E-state index contributed by atoms with van der Waals surface area (Å²) < 4.78 is 0. The van der Waals surface area contributed by atoms with Gasteiger partial charge in [0.05, 0.1) is 0 Å². The quantitative estimate of drug-likeness (QED) is 0.567. The molecular formula is C8H16N2O. The van der Waals surface area contributed by atoms with E-state index in [4.69, 9.17) is 5.73 Å². The van der Waals surface area contributed by atoms with Gasteiger partial charge in [-0.2, -0.15) is 0 Å². The predicted octanol–water partition coefficient (Wildman–Crippen LogP) is 0.416. The third-order valence-corrected chi connectivity index (χ3v) is 1.42. The first-order chi connectivity index (χ1) is 5.20. The van der Waals surface area contributed by atoms with E-state index >= 15 is 0 Å². The summed E-state index contributed by atoms with van der Waals surface area (Å²) in [7, 11) is 0. The number of carbonyl (C=O) groups excluding carboxylic acids is 1. The largest absolute Gasteiger partial charge is 0.353 e. The lowest BCUT2D eigenvalue weighted by Crippen LogP contribution is -2.31. The van der Waals surface area contributed by atoms with Crippen molar-refractivity contribution in [3.63, 3.8) is 0 Å². The second-order valence-electron chi connectivity index (χ2n) is 2.47. The number of amides is 1. The molecule has 0 aromatic heterocycles. The maximum absolute atomic E-state index is 10.9. The zero-order valence-corrected chi connectivity index (χ0v) is 6.97. The van der Waals surface area contributed by atoms with E-state index in [1.807, 2.05) is 6.92 Å². The number of hydrogen-bond acceptors (Lipinski definition) is 2. The van der Waals surface area contributed by atoms with E-state index in [9.17, 15) is 4.79 Å². The molecule has 0 aliphatic carbocycles. The number of nitrogens with two attached hydrogens (primary N) is 1. The second kappa shape index (κ2) is 5.92. The van der Waals surface area contributed by atoms with Crippen LogP contribution >= 0.6 is 0 Å². The summed E-state index contributed by atoms with van der Waals surface area (Å²) in [6.07, 6.45) is 2.89. The summed E-state index contributed by atoms with van der Waals surface area (Å²) >= 11 is 0. The van der Waals surface area contributed by atoms with E-state index in [1.54, 1.807) is 6.08 Å². The first-order valence-corrected chi connectivity index (χ1v) is 3.83. The molecule has 1 unspecified atom stereocenters. The Hall–Kier alpha value is -0.830. The van der Waals surface area contributed by atoms with Gasteiger partial charge in [0.1, 0.15) is 0 Å². The molecule has 0 saturated carbocycles. The monoisotopic (exact) mass is 156 g/mol. The topological polar surface area (TPSA) is 55.1 Å². The van der Waals surface area contributed by atoms with Crippen molar-refractivity contribution in [2.45, 2.75) is 25.8 Å². The van der Waals surface area contributed by atoms with Gasteiger partial charge < -0.3 is 11.1 Å². The van der Waals surface area contributed by atoms with Gasteiger partial charge in [-0.3, -0.25) is 4.79 Å². The molecule has 1 amide bonds. The Bertz CT molecular complexity index is 134. The fraction of sp³-hybridized carbons (Fsp3) is 0.625. The van der Waals surface area contributed by atoms with Crippen molar-refractivity contribution in [3.8, 4) is 0 Å². The summed E-state index contributed by atoms with van der Waals surface area (Å²) in [5.74, 6) is -0.000694. The van der Waals surface area contributed by atoms with E-state index in [0.29, 0.717) is 13.0 Å². The zero-order chi connectivity index (χ0) is 8.69. The lowest BCUT2D eigenvalue weighted by Gasteiger charge is -2.07. The van der Waals surface area contributed by atoms with Crippen molar-refractivity contribution in [2.75, 3.05) is 6.54 Å². The Kier molecular flexibility index (Phi) is 5.47. The summed E-state index contributed by atoms with van der Waals surface area (Å²) in [6.45, 7) is 5.97. The maximum Gasteiger partial charge on any atom is 0.221 e. The molecule has 0 aliphatic rings. The molecule has 0 radical (unpaired) electrons. The van der Waals surface area contributed by atoms with E-state index in [1.165, 1.54) is 0 Å². The molecule has 0 aromatic carbocycles. The highest BCUT2D eigenvalue weighted by Crippen LogP contribution is 1.91. The normalized spacial score (nSPS) is 12.2. The first-order valence-electron chi connectivity index (χ1n) is 3.83. The van der Waals surface area contributed by atoms with Crippen molar-refractivity contribution >= 4 is 5.91 Å². The van der Waals surface area contributed by atoms with Crippen LogP contribution in [0.15, 0.2) is 12.7 Å². The van der Waals surface area contributed by atoms with Crippen LogP contribution in [0.25, 0.3) is 0 Å². The van der Waals surface area contributed by atoms with E-state index in [-0.39, 0.29) is 11.9 Å². The minimum atomic E-state index is -0.0141. The Balaban J connectivity index is 3.43. The van der Waals surface area contributed by atoms with Gasteiger partial charge in [-0.1, -0.05) is 13.0 Å². The third kappa shape index (κ3) is 5.61. The molecule has 0 aliphatic heterocycles. The number of nitrogens with one attached hydrogen (secondary N) is 1. The molecule has 3 N–H and O–H groups in total. The van der Waals surface area contributed by atoms with Crippen molar-refractivity contribution in [3.05, 3.63) is 12.7 Å². The van der Waals surface area contributed by atoms with Crippen LogP contribution in [0.1, 0.15) is 19.8 Å². The molecule has 0 heterocycles. The Morgan fingerprint density at radius 2 is 2.45 bits per heavy atom. The highest BCUT2D eigenvalue weighted by molar-refractivity contribution is 5.76. The van der Waals surface area contributed by atoms with Crippen molar-refractivity contribution in [1.29, 1.82) is 0 Å². The first kappa shape index (κ1) is 10.2. The standard InChI is InChI=1S/C8H16N2O/c1-3-5-10-8(11)6-7(9)4-2/h3,7H,1,4-6,9H2,2H3,(H,10,11). The minimum absolute atomic E-state index is 0.000694. The Labute approximate surface area is 67.7 Å². The van der Waals surface area contributed by atoms with Gasteiger partial charge in [0.2, 0.25) is 5.91 Å². The minimum Gasteiger partial charge on any atom is -0.353 e. The summed E-state index contributed by atoms with van der Waals surface area (Å²) in [5.41, 5.74) is 5.56. The van der Waals surface area contributed by atoms with E-state index in [0.717, 1.165) is 6.42 Å². The third-order valence-electron chi connectivity index (χ3n) is 1.42. The van der Waals surface area contributed by atoms with Crippen LogP contribution in [0.2, 0.25) is 0 Å². The Morgan fingerprint density at radius 1 is 1.82 bits per heavy atom. The van der Waals surface area contributed by atoms with Gasteiger partial charge in [-0.15, -0.1) is 6.58 Å². The molecule has 11 heavy (non-hydrogen) atoms. The highest BCUT2D eigenvalue weighted by atomic mass is 16.1. The van der Waals surface area contributed by atoms with Crippen LogP contribution in [0.5, 0.6) is 0 Å². The fourth-order valence-electron chi connectivity index (χ4n) is 0.641. The summed E-state index contributed by atoms with van der Waals surface area (Å²) in [5, 5.41) is 2.66. The highest BCUT2D eigenvalue weighted by Gasteiger charge is 2.05. The maximum atomic E-state index is 10.9. The van der Waals surface area contributed by atoms with Crippen LogP contribution in [0, 0.1) is 0 Å².